The van der Waals surface area contributed by atoms with Crippen LogP contribution >= 0.6 is 11.8 Å². The largest absolute Gasteiger partial charge is 0.244 e. The Balaban J connectivity index is 1.90. The number of benzene rings is 1. The zero-order valence-electron chi connectivity index (χ0n) is 9.08. The molecule has 0 radical (unpaired) electrons. The predicted molar refractivity (Wildman–Crippen MR) is 65.2 cm³/mol. The van der Waals surface area contributed by atoms with E-state index in [1.54, 1.807) is 0 Å². The lowest BCUT2D eigenvalue weighted by Crippen LogP contribution is -2.79. The lowest BCUT2D eigenvalue weighted by molar-refractivity contribution is -0.511. The van der Waals surface area contributed by atoms with Crippen LogP contribution in [0.25, 0.3) is 0 Å². The van der Waals surface area contributed by atoms with Crippen molar-refractivity contribution in [3.05, 3.63) is 35.9 Å². The zero-order chi connectivity index (χ0) is 11.0. The molecule has 1 nitrogen and oxygen atoms in total. The number of fused-ring (bicyclic) bond motifs is 1. The third kappa shape index (κ3) is 1.67. The topological polar surface area (TPSA) is 14.0 Å². The molecule has 2 aliphatic rings. The summed E-state index contributed by atoms with van der Waals surface area (Å²) in [5.41, 5.74) is 1.11. The van der Waals surface area contributed by atoms with Gasteiger partial charge in [0.15, 0.2) is 6.04 Å². The van der Waals surface area contributed by atoms with E-state index in [-0.39, 0.29) is 6.04 Å². The Morgan fingerprint density at radius 2 is 2.06 bits per heavy atom. The molecule has 1 N–H and O–H groups in total. The number of rotatable bonds is 1. The number of halogens is 1. The van der Waals surface area contributed by atoms with Crippen molar-refractivity contribution in [3.63, 3.8) is 0 Å². The first-order valence-electron chi connectivity index (χ1n) is 5.85. The summed E-state index contributed by atoms with van der Waals surface area (Å²) in [7, 11) is 0. The molecule has 3 rings (SSSR count). The van der Waals surface area contributed by atoms with E-state index in [4.69, 9.17) is 0 Å². The van der Waals surface area contributed by atoms with Gasteiger partial charge in [0.25, 0.3) is 0 Å². The monoisotopic (exact) mass is 236 g/mol. The molecule has 1 aliphatic heterocycles. The molecule has 0 saturated heterocycles. The Bertz CT molecular complexity index is 417. The maximum absolute atomic E-state index is 14.6. The van der Waals surface area contributed by atoms with Gasteiger partial charge >= 0.3 is 0 Å². The minimum absolute atomic E-state index is 0.0152. The lowest BCUT2D eigenvalue weighted by atomic mass is 9.93. The fraction of sp³-hybridized carbons (Fsp3) is 0.462. The van der Waals surface area contributed by atoms with Crippen molar-refractivity contribution in [3.8, 4) is 0 Å². The zero-order valence-corrected chi connectivity index (χ0v) is 9.90. The number of hydrogen-bond acceptors (Lipinski definition) is 1. The van der Waals surface area contributed by atoms with Gasteiger partial charge in [0.1, 0.15) is 0 Å². The van der Waals surface area contributed by atoms with Crippen LogP contribution in [0.5, 0.6) is 0 Å². The van der Waals surface area contributed by atoms with E-state index in [0.29, 0.717) is 6.42 Å². The van der Waals surface area contributed by atoms with E-state index in [2.05, 4.69) is 4.99 Å². The van der Waals surface area contributed by atoms with Gasteiger partial charge < -0.3 is 0 Å². The van der Waals surface area contributed by atoms with Gasteiger partial charge in [-0.2, -0.15) is 0 Å². The van der Waals surface area contributed by atoms with Gasteiger partial charge in [-0.1, -0.05) is 18.2 Å². The summed E-state index contributed by atoms with van der Waals surface area (Å²) in [6, 6.07) is 10.1. The molecule has 1 aliphatic carbocycles. The minimum Gasteiger partial charge on any atom is -0.229 e. The number of alkyl halides is 1. The van der Waals surface area contributed by atoms with Gasteiger partial charge in [-0.05, 0) is 43.2 Å². The molecule has 1 fully saturated rings. The normalized spacial score (nSPS) is 33.3. The summed E-state index contributed by atoms with van der Waals surface area (Å²) < 4.78 is 14.6. The average Bonchev–Trinajstić information content (AvgIpc) is 2.67. The van der Waals surface area contributed by atoms with Gasteiger partial charge in [-0.3, -0.25) is 0 Å². The van der Waals surface area contributed by atoms with Crippen molar-refractivity contribution in [2.45, 2.75) is 36.7 Å². The molecule has 0 bridgehead atoms. The van der Waals surface area contributed by atoms with E-state index in [1.807, 2.05) is 30.3 Å². The predicted octanol–water partition coefficient (Wildman–Crippen LogP) is 1.87. The van der Waals surface area contributed by atoms with Crippen LogP contribution in [-0.4, -0.2) is 16.1 Å². The summed E-state index contributed by atoms with van der Waals surface area (Å²) >= 11 is 1.39. The van der Waals surface area contributed by atoms with Crippen LogP contribution < -0.4 is 4.99 Å². The summed E-state index contributed by atoms with van der Waals surface area (Å²) in [6.07, 6.45) is 3.81. The fourth-order valence-electron chi connectivity index (χ4n) is 2.50. The van der Waals surface area contributed by atoms with Crippen LogP contribution in [0.3, 0.4) is 0 Å². The average molecular weight is 236 g/mol. The minimum atomic E-state index is -1.07. The molecule has 3 heteroatoms. The van der Waals surface area contributed by atoms with Crippen molar-refractivity contribution >= 4 is 16.8 Å². The molecule has 0 aromatic heterocycles. The number of nitrogens with one attached hydrogen (secondary N) is 1. The third-order valence-electron chi connectivity index (χ3n) is 3.39. The molecular formula is C13H15FNS+. The Morgan fingerprint density at radius 1 is 1.25 bits per heavy atom. The highest BCUT2D eigenvalue weighted by molar-refractivity contribution is 8.15. The van der Waals surface area contributed by atoms with Crippen LogP contribution in [0.4, 0.5) is 4.39 Å². The second-order valence-corrected chi connectivity index (χ2v) is 5.82. The van der Waals surface area contributed by atoms with E-state index < -0.39 is 5.00 Å². The molecule has 1 heterocycles. The fourth-order valence-corrected chi connectivity index (χ4v) is 3.86. The number of hydrogen-bond donors (Lipinski definition) is 1. The first-order chi connectivity index (χ1) is 7.78. The van der Waals surface area contributed by atoms with Crippen molar-refractivity contribution in [1.29, 1.82) is 0 Å². The summed E-state index contributed by atoms with van der Waals surface area (Å²) in [5, 5.41) is -0.0568. The second-order valence-electron chi connectivity index (χ2n) is 4.53. The standard InChI is InChI=1S/C13H14FNS/c14-13-9-5-4-8-11(13)15-12(16-13)10-6-2-1-3-7-10/h1-3,6-7,11H,4-5,8-9H2/p+1. The van der Waals surface area contributed by atoms with E-state index in [1.165, 1.54) is 11.8 Å². The maximum Gasteiger partial charge on any atom is 0.244 e. The highest BCUT2D eigenvalue weighted by Crippen LogP contribution is 2.43. The molecule has 1 aromatic carbocycles. The first-order valence-corrected chi connectivity index (χ1v) is 6.66. The van der Waals surface area contributed by atoms with Crippen LogP contribution in [0, 0.1) is 0 Å². The molecule has 1 aromatic rings. The third-order valence-corrected chi connectivity index (χ3v) is 4.78. The van der Waals surface area contributed by atoms with Crippen LogP contribution in [-0.2, 0) is 0 Å². The van der Waals surface area contributed by atoms with Crippen molar-refractivity contribution < 1.29 is 9.38 Å². The quantitative estimate of drug-likeness (QED) is 0.786. The van der Waals surface area contributed by atoms with Gasteiger partial charge in [-0.15, -0.1) is 0 Å². The maximum atomic E-state index is 14.6. The Morgan fingerprint density at radius 3 is 2.81 bits per heavy atom. The first kappa shape index (κ1) is 10.3. The van der Waals surface area contributed by atoms with E-state index >= 15 is 0 Å². The highest BCUT2D eigenvalue weighted by atomic mass is 32.2. The van der Waals surface area contributed by atoms with Gasteiger partial charge in [-0.25, -0.2) is 9.38 Å². The van der Waals surface area contributed by atoms with Crippen molar-refractivity contribution in [1.82, 2.24) is 0 Å². The molecule has 16 heavy (non-hydrogen) atoms. The van der Waals surface area contributed by atoms with Crippen LogP contribution in [0.2, 0.25) is 0 Å². The molecule has 1 saturated carbocycles. The summed E-state index contributed by atoms with van der Waals surface area (Å²) in [4.78, 5) is 3.35. The van der Waals surface area contributed by atoms with Gasteiger partial charge in [0.05, 0.1) is 5.56 Å². The van der Waals surface area contributed by atoms with Gasteiger partial charge in [0, 0.05) is 6.42 Å². The Kier molecular flexibility index (Phi) is 2.51. The molecule has 2 unspecified atom stereocenters. The highest BCUT2D eigenvalue weighted by Gasteiger charge is 2.52. The Hall–Kier alpha value is -0.830. The SMILES string of the molecule is FC12CCCCC1[NH+]=C(c1ccccc1)S2. The second kappa shape index (κ2) is 3.88. The van der Waals surface area contributed by atoms with Crippen LogP contribution in [0.1, 0.15) is 31.2 Å². The molecule has 0 amide bonds. The smallest absolute Gasteiger partial charge is 0.229 e. The van der Waals surface area contributed by atoms with Crippen molar-refractivity contribution in [2.75, 3.05) is 0 Å². The van der Waals surface area contributed by atoms with Gasteiger partial charge in [0.2, 0.25) is 10.0 Å². The molecule has 0 spiro atoms. The van der Waals surface area contributed by atoms with E-state index in [9.17, 15) is 4.39 Å². The van der Waals surface area contributed by atoms with Crippen molar-refractivity contribution in [2.24, 2.45) is 0 Å². The van der Waals surface area contributed by atoms with E-state index in [0.717, 1.165) is 29.9 Å². The molecular weight excluding hydrogens is 221 g/mol. The number of thioether (sulfide) groups is 1. The Labute approximate surface area is 99.2 Å². The summed E-state index contributed by atoms with van der Waals surface area (Å²) in [6.45, 7) is 0. The lowest BCUT2D eigenvalue weighted by Gasteiger charge is -2.25. The van der Waals surface area contributed by atoms with Crippen LogP contribution in [0.15, 0.2) is 30.3 Å². The molecule has 2 atom stereocenters. The summed E-state index contributed by atoms with van der Waals surface area (Å²) in [5.74, 6) is 0. The molecule has 84 valence electrons.